The van der Waals surface area contributed by atoms with E-state index in [1.807, 2.05) is 4.68 Å². The lowest BCUT2D eigenvalue weighted by atomic mass is 10.1. The van der Waals surface area contributed by atoms with Crippen molar-refractivity contribution in [3.05, 3.63) is 18.0 Å². The zero-order valence-electron chi connectivity index (χ0n) is 12.0. The van der Waals surface area contributed by atoms with Crippen LogP contribution in [0.15, 0.2) is 12.3 Å². The van der Waals surface area contributed by atoms with E-state index in [-0.39, 0.29) is 0 Å². The van der Waals surface area contributed by atoms with Gasteiger partial charge in [0.05, 0.1) is 5.69 Å². The second-order valence-corrected chi connectivity index (χ2v) is 6.01. The van der Waals surface area contributed by atoms with Crippen molar-refractivity contribution in [2.24, 2.45) is 0 Å². The summed E-state index contributed by atoms with van der Waals surface area (Å²) in [5, 5.41) is 7.99. The van der Waals surface area contributed by atoms with Gasteiger partial charge in [0, 0.05) is 64.1 Å². The molecule has 0 aliphatic carbocycles. The molecular formula is C14H25N5. The molecule has 5 nitrogen and oxygen atoms in total. The average Bonchev–Trinajstić information content (AvgIpc) is 2.78. The van der Waals surface area contributed by atoms with E-state index in [2.05, 4.69) is 46.3 Å². The van der Waals surface area contributed by atoms with Crippen LogP contribution >= 0.6 is 0 Å². The normalized spacial score (nSPS) is 22.9. The monoisotopic (exact) mass is 263 g/mol. The van der Waals surface area contributed by atoms with Crippen molar-refractivity contribution in [3.8, 4) is 0 Å². The first kappa shape index (κ1) is 13.1. The molecule has 1 N–H and O–H groups in total. The van der Waals surface area contributed by atoms with E-state index in [9.17, 15) is 0 Å². The summed E-state index contributed by atoms with van der Waals surface area (Å²) in [5.74, 6) is 0. The Hall–Kier alpha value is -0.910. The topological polar surface area (TPSA) is 36.3 Å². The van der Waals surface area contributed by atoms with Crippen LogP contribution in [0.2, 0.25) is 0 Å². The van der Waals surface area contributed by atoms with Gasteiger partial charge in [-0.05, 0) is 19.9 Å². The van der Waals surface area contributed by atoms with Gasteiger partial charge in [0.1, 0.15) is 0 Å². The van der Waals surface area contributed by atoms with Crippen molar-refractivity contribution in [1.29, 1.82) is 0 Å². The fourth-order valence-corrected chi connectivity index (χ4v) is 2.80. The molecule has 0 aromatic carbocycles. The van der Waals surface area contributed by atoms with E-state index >= 15 is 0 Å². The molecule has 2 saturated heterocycles. The van der Waals surface area contributed by atoms with Crippen LogP contribution in [0, 0.1) is 0 Å². The molecule has 0 saturated carbocycles. The number of piperazine rings is 1. The highest BCUT2D eigenvalue weighted by atomic mass is 15.3. The summed E-state index contributed by atoms with van der Waals surface area (Å²) in [7, 11) is 0. The van der Waals surface area contributed by atoms with E-state index in [1.54, 1.807) is 0 Å². The van der Waals surface area contributed by atoms with Gasteiger partial charge in [0.15, 0.2) is 0 Å². The number of nitrogens with one attached hydrogen (secondary N) is 1. The maximum atomic E-state index is 4.64. The average molecular weight is 263 g/mol. The second kappa shape index (κ2) is 5.61. The van der Waals surface area contributed by atoms with E-state index < -0.39 is 0 Å². The first-order valence-electron chi connectivity index (χ1n) is 7.43. The minimum Gasteiger partial charge on any atom is -0.314 e. The largest absolute Gasteiger partial charge is 0.314 e. The fourth-order valence-electron chi connectivity index (χ4n) is 2.80. The predicted molar refractivity (Wildman–Crippen MR) is 76.1 cm³/mol. The zero-order chi connectivity index (χ0) is 13.2. The summed E-state index contributed by atoms with van der Waals surface area (Å²) < 4.78 is 2.05. The van der Waals surface area contributed by atoms with Crippen LogP contribution in [0.4, 0.5) is 0 Å². The Bertz CT molecular complexity index is 402. The van der Waals surface area contributed by atoms with Crippen molar-refractivity contribution >= 4 is 0 Å². The molecule has 2 aliphatic heterocycles. The maximum Gasteiger partial charge on any atom is 0.0764 e. The minimum atomic E-state index is 0.455. The minimum absolute atomic E-state index is 0.455. The molecule has 0 bridgehead atoms. The number of aromatic nitrogens is 2. The van der Waals surface area contributed by atoms with Crippen LogP contribution in [0.1, 0.15) is 25.6 Å². The Morgan fingerprint density at radius 3 is 2.53 bits per heavy atom. The molecule has 3 rings (SSSR count). The molecule has 1 aromatic rings. The van der Waals surface area contributed by atoms with Gasteiger partial charge in [0.25, 0.3) is 0 Å². The molecule has 106 valence electrons. The zero-order valence-corrected chi connectivity index (χ0v) is 12.0. The first-order chi connectivity index (χ1) is 9.22. The summed E-state index contributed by atoms with van der Waals surface area (Å²) in [6.07, 6.45) is 2.09. The van der Waals surface area contributed by atoms with E-state index in [0.29, 0.717) is 6.04 Å². The lowest BCUT2D eigenvalue weighted by molar-refractivity contribution is 0.0689. The Labute approximate surface area is 115 Å². The maximum absolute atomic E-state index is 4.64. The van der Waals surface area contributed by atoms with Crippen molar-refractivity contribution in [3.63, 3.8) is 0 Å². The molecule has 19 heavy (non-hydrogen) atoms. The van der Waals surface area contributed by atoms with Crippen molar-refractivity contribution in [2.45, 2.75) is 32.5 Å². The molecule has 1 aromatic heterocycles. The number of nitrogens with zero attached hydrogens (tertiary/aromatic N) is 4. The quantitative estimate of drug-likeness (QED) is 0.861. The van der Waals surface area contributed by atoms with Gasteiger partial charge >= 0.3 is 0 Å². The highest BCUT2D eigenvalue weighted by Crippen LogP contribution is 2.12. The Kier molecular flexibility index (Phi) is 3.86. The molecule has 0 atom stereocenters. The van der Waals surface area contributed by atoms with Gasteiger partial charge in [-0.15, -0.1) is 0 Å². The molecule has 0 unspecified atom stereocenters. The van der Waals surface area contributed by atoms with Crippen LogP contribution < -0.4 is 5.32 Å². The SMILES string of the molecule is CC(C)n1ccc(CN2CCN(C3CNC3)CC2)n1. The molecule has 0 spiro atoms. The Balaban J connectivity index is 1.48. The number of hydrogen-bond donors (Lipinski definition) is 1. The Morgan fingerprint density at radius 1 is 1.26 bits per heavy atom. The Morgan fingerprint density at radius 2 is 2.00 bits per heavy atom. The third-order valence-electron chi connectivity index (χ3n) is 4.26. The van der Waals surface area contributed by atoms with Gasteiger partial charge in [-0.25, -0.2) is 0 Å². The molecule has 2 fully saturated rings. The van der Waals surface area contributed by atoms with Crippen LogP contribution in [-0.2, 0) is 6.54 Å². The van der Waals surface area contributed by atoms with Crippen LogP contribution in [0.25, 0.3) is 0 Å². The summed E-state index contributed by atoms with van der Waals surface area (Å²) in [4.78, 5) is 5.15. The van der Waals surface area contributed by atoms with E-state index in [1.165, 1.54) is 45.0 Å². The first-order valence-corrected chi connectivity index (χ1v) is 7.43. The second-order valence-electron chi connectivity index (χ2n) is 6.01. The summed E-state index contributed by atoms with van der Waals surface area (Å²) >= 11 is 0. The smallest absolute Gasteiger partial charge is 0.0764 e. The summed E-state index contributed by atoms with van der Waals surface area (Å²) in [6.45, 7) is 12.4. The third kappa shape index (κ3) is 2.99. The third-order valence-corrected chi connectivity index (χ3v) is 4.26. The standard InChI is InChI=1S/C14H25N5/c1-12(2)19-4-3-13(16-19)11-17-5-7-18(8-6-17)14-9-15-10-14/h3-4,12,14-15H,5-11H2,1-2H3. The molecule has 5 heteroatoms. The van der Waals surface area contributed by atoms with Gasteiger partial charge in [-0.3, -0.25) is 14.5 Å². The lowest BCUT2D eigenvalue weighted by Gasteiger charge is -2.43. The van der Waals surface area contributed by atoms with Crippen molar-refractivity contribution in [2.75, 3.05) is 39.3 Å². The lowest BCUT2D eigenvalue weighted by Crippen LogP contribution is -2.61. The van der Waals surface area contributed by atoms with Crippen LogP contribution in [-0.4, -0.2) is 64.9 Å². The van der Waals surface area contributed by atoms with Crippen molar-refractivity contribution in [1.82, 2.24) is 24.9 Å². The highest BCUT2D eigenvalue weighted by Gasteiger charge is 2.27. The predicted octanol–water partition coefficient (Wildman–Crippen LogP) is 0.553. The van der Waals surface area contributed by atoms with Crippen LogP contribution in [0.3, 0.4) is 0 Å². The van der Waals surface area contributed by atoms with Gasteiger partial charge in [0.2, 0.25) is 0 Å². The molecule has 0 radical (unpaired) electrons. The van der Waals surface area contributed by atoms with Gasteiger partial charge < -0.3 is 5.32 Å². The van der Waals surface area contributed by atoms with Gasteiger partial charge in [-0.2, -0.15) is 5.10 Å². The van der Waals surface area contributed by atoms with Crippen molar-refractivity contribution < 1.29 is 0 Å². The number of rotatable bonds is 4. The summed E-state index contributed by atoms with van der Waals surface area (Å²) in [5.41, 5.74) is 1.20. The van der Waals surface area contributed by atoms with E-state index in [0.717, 1.165) is 12.6 Å². The van der Waals surface area contributed by atoms with Crippen LogP contribution in [0.5, 0.6) is 0 Å². The molecular weight excluding hydrogens is 238 g/mol. The van der Waals surface area contributed by atoms with E-state index in [4.69, 9.17) is 0 Å². The fraction of sp³-hybridized carbons (Fsp3) is 0.786. The van der Waals surface area contributed by atoms with Gasteiger partial charge in [-0.1, -0.05) is 0 Å². The molecule has 3 heterocycles. The number of hydrogen-bond acceptors (Lipinski definition) is 4. The molecule has 2 aliphatic rings. The highest BCUT2D eigenvalue weighted by molar-refractivity contribution is 5.00. The molecule has 0 amide bonds. The summed E-state index contributed by atoms with van der Waals surface area (Å²) in [6, 6.07) is 3.40.